The van der Waals surface area contributed by atoms with E-state index in [1.165, 1.54) is 11.1 Å². The van der Waals surface area contributed by atoms with Gasteiger partial charge < -0.3 is 10.5 Å². The van der Waals surface area contributed by atoms with Crippen LogP contribution in [0.3, 0.4) is 0 Å². The van der Waals surface area contributed by atoms with Crippen LogP contribution >= 0.6 is 0 Å². The molecule has 1 aromatic rings. The standard InChI is InChI=1S/C15H24.H2O2/c1-10(2)13-8-7-9-14(11(3)4)15(13)12(5)6;1-2/h7-12H,1-6H3;1-2H/p-1. The van der Waals surface area contributed by atoms with Gasteiger partial charge in [0.05, 0.1) is 0 Å². The van der Waals surface area contributed by atoms with Gasteiger partial charge in [0.25, 0.3) is 0 Å². The average molecular weight is 237 g/mol. The van der Waals surface area contributed by atoms with Gasteiger partial charge in [0.2, 0.25) is 0 Å². The van der Waals surface area contributed by atoms with E-state index in [2.05, 4.69) is 59.7 Å². The number of hydrogen-bond acceptors (Lipinski definition) is 2. The highest BCUT2D eigenvalue weighted by Crippen LogP contribution is 2.32. The Balaban J connectivity index is 0.00000121. The van der Waals surface area contributed by atoms with E-state index in [4.69, 9.17) is 10.5 Å². The van der Waals surface area contributed by atoms with Gasteiger partial charge in [-0.1, -0.05) is 59.7 Å². The zero-order chi connectivity index (χ0) is 13.6. The summed E-state index contributed by atoms with van der Waals surface area (Å²) in [5.74, 6) is 1.88. The molecule has 1 N–H and O–H groups in total. The molecule has 0 unspecified atom stereocenters. The minimum absolute atomic E-state index is 0.626. The molecule has 0 aromatic heterocycles. The van der Waals surface area contributed by atoms with Crippen LogP contribution in [0.5, 0.6) is 0 Å². The zero-order valence-electron chi connectivity index (χ0n) is 11.8. The summed E-state index contributed by atoms with van der Waals surface area (Å²) in [4.78, 5) is 0. The van der Waals surface area contributed by atoms with Crippen LogP contribution in [0.4, 0.5) is 0 Å². The van der Waals surface area contributed by atoms with Gasteiger partial charge in [0.15, 0.2) is 0 Å². The molecule has 0 saturated heterocycles. The van der Waals surface area contributed by atoms with Gasteiger partial charge in [-0.3, -0.25) is 0 Å². The van der Waals surface area contributed by atoms with Crippen LogP contribution in [0.1, 0.15) is 76.0 Å². The molecular weight excluding hydrogens is 212 g/mol. The second-order valence-corrected chi connectivity index (χ2v) is 5.31. The Hall–Kier alpha value is -0.860. The van der Waals surface area contributed by atoms with E-state index < -0.39 is 0 Å². The van der Waals surface area contributed by atoms with E-state index in [9.17, 15) is 0 Å². The highest BCUT2D eigenvalue weighted by Gasteiger charge is 2.15. The fraction of sp³-hybridized carbons (Fsp3) is 0.600. The van der Waals surface area contributed by atoms with Crippen molar-refractivity contribution in [3.05, 3.63) is 34.9 Å². The summed E-state index contributed by atoms with van der Waals surface area (Å²) in [5, 5.41) is 13.0. The van der Waals surface area contributed by atoms with E-state index in [1.807, 2.05) is 0 Å². The maximum absolute atomic E-state index is 7.25. The molecule has 0 bridgehead atoms. The predicted octanol–water partition coefficient (Wildman–Crippen LogP) is 3.88. The number of rotatable bonds is 3. The summed E-state index contributed by atoms with van der Waals surface area (Å²) >= 11 is 0. The van der Waals surface area contributed by atoms with Crippen LogP contribution in [-0.4, -0.2) is 5.26 Å². The fourth-order valence-electron chi connectivity index (χ4n) is 2.28. The van der Waals surface area contributed by atoms with E-state index in [0.29, 0.717) is 17.8 Å². The first-order chi connectivity index (χ1) is 7.95. The molecule has 2 nitrogen and oxygen atoms in total. The summed E-state index contributed by atoms with van der Waals surface area (Å²) < 4.78 is 0. The van der Waals surface area contributed by atoms with Crippen molar-refractivity contribution in [1.82, 2.24) is 0 Å². The lowest BCUT2D eigenvalue weighted by Crippen LogP contribution is -2.04. The lowest BCUT2D eigenvalue weighted by molar-refractivity contribution is -0.670. The molecule has 0 amide bonds. The molecule has 98 valence electrons. The molecule has 0 saturated carbocycles. The van der Waals surface area contributed by atoms with Crippen LogP contribution in [-0.2, 0) is 0 Å². The van der Waals surface area contributed by atoms with Gasteiger partial charge in [-0.15, -0.1) is 0 Å². The molecule has 0 aliphatic rings. The maximum atomic E-state index is 7.25. The molecule has 0 atom stereocenters. The monoisotopic (exact) mass is 237 g/mol. The number of benzene rings is 1. The van der Waals surface area contributed by atoms with Crippen LogP contribution in [0.15, 0.2) is 18.2 Å². The van der Waals surface area contributed by atoms with Crippen molar-refractivity contribution < 1.29 is 10.5 Å². The first kappa shape index (κ1) is 16.1. The molecule has 0 aliphatic heterocycles. The summed E-state index contributed by atoms with van der Waals surface area (Å²) in [6, 6.07) is 6.77. The third-order valence-electron chi connectivity index (χ3n) is 2.99. The minimum Gasteiger partial charge on any atom is -0.727 e. The average Bonchev–Trinajstić information content (AvgIpc) is 2.30. The van der Waals surface area contributed by atoms with Crippen molar-refractivity contribution in [3.8, 4) is 0 Å². The van der Waals surface area contributed by atoms with Crippen molar-refractivity contribution in [2.45, 2.75) is 59.3 Å². The van der Waals surface area contributed by atoms with E-state index >= 15 is 0 Å². The Morgan fingerprint density at radius 2 is 1.12 bits per heavy atom. The van der Waals surface area contributed by atoms with Crippen molar-refractivity contribution in [3.63, 3.8) is 0 Å². The van der Waals surface area contributed by atoms with Crippen LogP contribution in [0.2, 0.25) is 0 Å². The highest BCUT2D eigenvalue weighted by molar-refractivity contribution is 5.40. The van der Waals surface area contributed by atoms with Gasteiger partial charge in [-0.25, -0.2) is 0 Å². The first-order valence-corrected chi connectivity index (χ1v) is 6.26. The topological polar surface area (TPSA) is 43.3 Å². The molecule has 0 fully saturated rings. The highest BCUT2D eigenvalue weighted by atomic mass is 17.0. The van der Waals surface area contributed by atoms with Crippen molar-refractivity contribution in [2.75, 3.05) is 0 Å². The summed E-state index contributed by atoms with van der Waals surface area (Å²) in [5.41, 5.74) is 4.62. The smallest absolute Gasteiger partial charge is 0.0213 e. The van der Waals surface area contributed by atoms with Crippen molar-refractivity contribution in [1.29, 1.82) is 0 Å². The van der Waals surface area contributed by atoms with E-state index in [-0.39, 0.29) is 0 Å². The lowest BCUT2D eigenvalue weighted by atomic mass is 9.83. The quantitative estimate of drug-likeness (QED) is 0.640. The third-order valence-corrected chi connectivity index (χ3v) is 2.99. The molecule has 2 heteroatoms. The van der Waals surface area contributed by atoms with Gasteiger partial charge >= 0.3 is 0 Å². The van der Waals surface area contributed by atoms with Gasteiger partial charge in [-0.2, -0.15) is 0 Å². The van der Waals surface area contributed by atoms with Crippen LogP contribution < -0.4 is 5.26 Å². The Kier molecular flexibility index (Phi) is 7.09. The molecule has 0 aliphatic carbocycles. The van der Waals surface area contributed by atoms with Gasteiger partial charge in [-0.05, 0) is 34.4 Å². The number of hydrogen-bond donors (Lipinski definition) is 1. The molecule has 1 rings (SSSR count). The second-order valence-electron chi connectivity index (χ2n) is 5.31. The Morgan fingerprint density at radius 1 is 0.765 bits per heavy atom. The van der Waals surface area contributed by atoms with E-state index in [0.717, 1.165) is 0 Å². The van der Waals surface area contributed by atoms with E-state index in [1.54, 1.807) is 5.56 Å². The SMILES string of the molecule is CC(C)c1cccc(C(C)C)c1C(C)C.[O-]O. The lowest BCUT2D eigenvalue weighted by Gasteiger charge is -2.22. The molecule has 1 aromatic carbocycles. The first-order valence-electron chi connectivity index (χ1n) is 6.26. The van der Waals surface area contributed by atoms with Gasteiger partial charge in [0.1, 0.15) is 0 Å². The molecular formula is C15H25O2-. The molecule has 0 spiro atoms. The third kappa shape index (κ3) is 4.14. The zero-order valence-corrected chi connectivity index (χ0v) is 11.8. The summed E-state index contributed by atoms with van der Waals surface area (Å²) in [7, 11) is 0. The van der Waals surface area contributed by atoms with Crippen LogP contribution in [0, 0.1) is 0 Å². The fourth-order valence-corrected chi connectivity index (χ4v) is 2.28. The molecule has 0 radical (unpaired) electrons. The maximum Gasteiger partial charge on any atom is -0.0213 e. The predicted molar refractivity (Wildman–Crippen MR) is 71.3 cm³/mol. The van der Waals surface area contributed by atoms with Crippen molar-refractivity contribution in [2.24, 2.45) is 0 Å². The largest absolute Gasteiger partial charge is 0.727 e. The Bertz CT molecular complexity index is 301. The van der Waals surface area contributed by atoms with Gasteiger partial charge in [0, 0.05) is 0 Å². The molecule has 0 heterocycles. The summed E-state index contributed by atoms with van der Waals surface area (Å²) in [6.07, 6.45) is 0. The van der Waals surface area contributed by atoms with Crippen LogP contribution in [0.25, 0.3) is 0 Å². The summed E-state index contributed by atoms with van der Waals surface area (Å²) in [6.45, 7) is 13.7. The Morgan fingerprint density at radius 3 is 1.35 bits per heavy atom. The Labute approximate surface area is 105 Å². The minimum atomic E-state index is 0.626. The molecule has 17 heavy (non-hydrogen) atoms. The normalized spacial score (nSPS) is 10.8. The second kappa shape index (κ2) is 7.46. The van der Waals surface area contributed by atoms with Crippen molar-refractivity contribution >= 4 is 0 Å².